The van der Waals surface area contributed by atoms with E-state index in [0.717, 1.165) is 10.1 Å². The van der Waals surface area contributed by atoms with Crippen LogP contribution in [0.2, 0.25) is 5.02 Å². The van der Waals surface area contributed by atoms with Crippen LogP contribution >= 0.6 is 22.9 Å². The van der Waals surface area contributed by atoms with Crippen LogP contribution in [0.25, 0.3) is 10.1 Å². The smallest absolute Gasteiger partial charge is 0.355 e. The number of hydrazone groups is 1. The number of fused-ring (bicyclic) bond motifs is 1. The number of nitrogens with zero attached hydrogens (tertiary/aromatic N) is 1. The normalized spacial score (nSPS) is 10.8. The minimum Gasteiger partial charge on any atom is -0.495 e. The minimum absolute atomic E-state index is 0.179. The Kier molecular flexibility index (Phi) is 8.02. The van der Waals surface area contributed by atoms with Gasteiger partial charge in [0.05, 0.1) is 31.1 Å². The van der Waals surface area contributed by atoms with Gasteiger partial charge in [-0.05, 0) is 42.0 Å². The Hall–Kier alpha value is -4.41. The zero-order valence-corrected chi connectivity index (χ0v) is 21.2. The van der Waals surface area contributed by atoms with Gasteiger partial charge in [0.25, 0.3) is 0 Å². The van der Waals surface area contributed by atoms with Crippen LogP contribution in [0.15, 0.2) is 71.8 Å². The number of esters is 1. The number of carbonyl (C=O) groups is 3. The number of carbonyl (C=O) groups excluding carboxylic acids is 3. The molecule has 0 aliphatic heterocycles. The molecule has 4 aromatic rings. The highest BCUT2D eigenvalue weighted by Gasteiger charge is 2.20. The van der Waals surface area contributed by atoms with Gasteiger partial charge in [-0.15, -0.1) is 11.3 Å². The molecule has 0 unspecified atom stereocenters. The number of halogens is 1. The number of nitrogens with one attached hydrogen (secondary N) is 2. The largest absolute Gasteiger partial charge is 0.495 e. The standard InChI is InChI=1S/C26H20ClN3O6S/c1-34-18-9-5-4-8-17(18)29-24(31)25(32)30-28-14-15-11-12-19(20(13-15)35-2)36-26(33)23-22(27)16-7-3-6-10-21(16)37-23/h3-14H,1-2H3,(H,29,31)(H,30,32). The summed E-state index contributed by atoms with van der Waals surface area (Å²) in [6.07, 6.45) is 1.31. The number of amides is 2. The predicted octanol–water partition coefficient (Wildman–Crippen LogP) is 4.88. The van der Waals surface area contributed by atoms with E-state index >= 15 is 0 Å². The van der Waals surface area contributed by atoms with Crippen LogP contribution in [0.5, 0.6) is 17.2 Å². The van der Waals surface area contributed by atoms with E-state index in [4.69, 9.17) is 25.8 Å². The van der Waals surface area contributed by atoms with E-state index in [-0.39, 0.29) is 16.4 Å². The summed E-state index contributed by atoms with van der Waals surface area (Å²) in [6.45, 7) is 0. The number of para-hydroxylation sites is 2. The van der Waals surface area contributed by atoms with Gasteiger partial charge in [-0.1, -0.05) is 41.9 Å². The summed E-state index contributed by atoms with van der Waals surface area (Å²) < 4.78 is 16.9. The number of thiophene rings is 1. The minimum atomic E-state index is -0.972. The first-order valence-electron chi connectivity index (χ1n) is 10.8. The van der Waals surface area contributed by atoms with E-state index in [1.54, 1.807) is 36.4 Å². The highest BCUT2D eigenvalue weighted by Crippen LogP contribution is 2.37. The maximum Gasteiger partial charge on any atom is 0.355 e. The van der Waals surface area contributed by atoms with Gasteiger partial charge in [0.15, 0.2) is 11.5 Å². The molecule has 188 valence electrons. The van der Waals surface area contributed by atoms with E-state index in [1.807, 2.05) is 24.3 Å². The molecule has 3 aromatic carbocycles. The molecule has 0 radical (unpaired) electrons. The molecule has 0 bridgehead atoms. The molecule has 0 saturated heterocycles. The summed E-state index contributed by atoms with van der Waals surface area (Å²) in [5.41, 5.74) is 3.02. The van der Waals surface area contributed by atoms with Crippen molar-refractivity contribution >= 4 is 62.7 Å². The highest BCUT2D eigenvalue weighted by molar-refractivity contribution is 7.21. The first kappa shape index (κ1) is 25.7. The molecule has 0 fully saturated rings. The molecule has 1 heterocycles. The fraction of sp³-hybridized carbons (Fsp3) is 0.0769. The third kappa shape index (κ3) is 5.88. The second-order valence-corrected chi connectivity index (χ2v) is 8.82. The molecule has 37 heavy (non-hydrogen) atoms. The monoisotopic (exact) mass is 537 g/mol. The lowest BCUT2D eigenvalue weighted by molar-refractivity contribution is -0.136. The second-order valence-electron chi connectivity index (χ2n) is 7.39. The van der Waals surface area contributed by atoms with E-state index in [0.29, 0.717) is 22.0 Å². The topological polar surface area (TPSA) is 115 Å². The van der Waals surface area contributed by atoms with E-state index in [2.05, 4.69) is 15.8 Å². The summed E-state index contributed by atoms with van der Waals surface area (Å²) in [5, 5.41) is 7.36. The number of rotatable bonds is 7. The Morgan fingerprint density at radius 3 is 2.38 bits per heavy atom. The van der Waals surface area contributed by atoms with Crippen LogP contribution in [0.3, 0.4) is 0 Å². The number of hydrogen-bond acceptors (Lipinski definition) is 8. The first-order chi connectivity index (χ1) is 17.9. The Balaban J connectivity index is 1.40. The lowest BCUT2D eigenvalue weighted by Gasteiger charge is -2.09. The van der Waals surface area contributed by atoms with Crippen molar-refractivity contribution in [2.75, 3.05) is 19.5 Å². The average Bonchev–Trinajstić information content (AvgIpc) is 3.26. The van der Waals surface area contributed by atoms with Crippen LogP contribution in [-0.2, 0) is 9.59 Å². The Morgan fingerprint density at radius 2 is 1.62 bits per heavy atom. The van der Waals surface area contributed by atoms with Crippen LogP contribution in [0.1, 0.15) is 15.2 Å². The molecule has 0 aliphatic carbocycles. The Morgan fingerprint density at radius 1 is 0.892 bits per heavy atom. The van der Waals surface area contributed by atoms with Crippen molar-refractivity contribution in [1.82, 2.24) is 5.43 Å². The number of methoxy groups -OCH3 is 2. The Labute approximate surface area is 220 Å². The SMILES string of the molecule is COc1ccccc1NC(=O)C(=O)NN=Cc1ccc(OC(=O)c2sc3ccccc3c2Cl)c(OC)c1. The molecule has 2 amide bonds. The van der Waals surface area contributed by atoms with Gasteiger partial charge in [-0.3, -0.25) is 9.59 Å². The molecule has 0 aliphatic rings. The fourth-order valence-corrected chi connectivity index (χ4v) is 4.67. The summed E-state index contributed by atoms with van der Waals surface area (Å²) in [7, 11) is 2.87. The van der Waals surface area contributed by atoms with Crippen LogP contribution in [0.4, 0.5) is 5.69 Å². The van der Waals surface area contributed by atoms with Gasteiger partial charge in [-0.2, -0.15) is 5.10 Å². The van der Waals surface area contributed by atoms with E-state index < -0.39 is 17.8 Å². The summed E-state index contributed by atoms with van der Waals surface area (Å²) >= 11 is 7.61. The molecule has 4 rings (SSSR count). The molecular formula is C26H20ClN3O6S. The molecule has 2 N–H and O–H groups in total. The van der Waals surface area contributed by atoms with Gasteiger partial charge in [0.1, 0.15) is 10.6 Å². The van der Waals surface area contributed by atoms with Crippen molar-refractivity contribution in [2.45, 2.75) is 0 Å². The number of hydrogen-bond donors (Lipinski definition) is 2. The van der Waals surface area contributed by atoms with Crippen LogP contribution in [-0.4, -0.2) is 38.2 Å². The van der Waals surface area contributed by atoms with Crippen molar-refractivity contribution in [3.8, 4) is 17.2 Å². The lowest BCUT2D eigenvalue weighted by Crippen LogP contribution is -2.32. The van der Waals surface area contributed by atoms with Crippen molar-refractivity contribution in [2.24, 2.45) is 5.10 Å². The molecule has 9 nitrogen and oxygen atoms in total. The van der Waals surface area contributed by atoms with Gasteiger partial charge in [0, 0.05) is 10.1 Å². The van der Waals surface area contributed by atoms with Gasteiger partial charge < -0.3 is 19.5 Å². The van der Waals surface area contributed by atoms with Crippen molar-refractivity contribution < 1.29 is 28.6 Å². The van der Waals surface area contributed by atoms with Gasteiger partial charge >= 0.3 is 17.8 Å². The molecule has 0 saturated carbocycles. The Bertz CT molecular complexity index is 1520. The predicted molar refractivity (Wildman–Crippen MR) is 142 cm³/mol. The molecule has 0 spiro atoms. The number of ether oxygens (including phenoxy) is 3. The molecular weight excluding hydrogens is 518 g/mol. The van der Waals surface area contributed by atoms with E-state index in [1.165, 1.54) is 37.8 Å². The van der Waals surface area contributed by atoms with E-state index in [9.17, 15) is 14.4 Å². The highest BCUT2D eigenvalue weighted by atomic mass is 35.5. The fourth-order valence-electron chi connectivity index (χ4n) is 3.28. The number of benzene rings is 3. The van der Waals surface area contributed by atoms with Gasteiger partial charge in [-0.25, -0.2) is 10.2 Å². The lowest BCUT2D eigenvalue weighted by atomic mass is 10.2. The van der Waals surface area contributed by atoms with Crippen molar-refractivity contribution in [1.29, 1.82) is 0 Å². The zero-order valence-electron chi connectivity index (χ0n) is 19.6. The third-order valence-corrected chi connectivity index (χ3v) is 6.71. The third-order valence-electron chi connectivity index (χ3n) is 5.05. The zero-order chi connectivity index (χ0) is 26.4. The molecule has 0 atom stereocenters. The molecule has 1 aromatic heterocycles. The quantitative estimate of drug-likeness (QED) is 0.114. The van der Waals surface area contributed by atoms with Crippen molar-refractivity contribution in [3.05, 3.63) is 82.2 Å². The second kappa shape index (κ2) is 11.5. The van der Waals surface area contributed by atoms with Crippen molar-refractivity contribution in [3.63, 3.8) is 0 Å². The maximum absolute atomic E-state index is 12.8. The first-order valence-corrected chi connectivity index (χ1v) is 12.0. The van der Waals surface area contributed by atoms with Crippen LogP contribution in [0, 0.1) is 0 Å². The summed E-state index contributed by atoms with van der Waals surface area (Å²) in [5.74, 6) is -1.65. The van der Waals surface area contributed by atoms with Crippen LogP contribution < -0.4 is 25.0 Å². The average molecular weight is 538 g/mol. The van der Waals surface area contributed by atoms with Gasteiger partial charge in [0.2, 0.25) is 0 Å². The summed E-state index contributed by atoms with van der Waals surface area (Å²) in [4.78, 5) is 37.3. The summed E-state index contributed by atoms with van der Waals surface area (Å²) in [6, 6.07) is 18.8. The number of anilines is 1. The maximum atomic E-state index is 12.8. The molecule has 11 heteroatoms.